The van der Waals surface area contributed by atoms with E-state index in [1.807, 2.05) is 30.3 Å². The average Bonchev–Trinajstić information content (AvgIpc) is 3.47. The maximum Gasteiger partial charge on any atom is 0.412 e. The van der Waals surface area contributed by atoms with Gasteiger partial charge in [-0.3, -0.25) is 15.3 Å². The van der Waals surface area contributed by atoms with Gasteiger partial charge in [0.2, 0.25) is 10.0 Å². The number of anilines is 1. The van der Waals surface area contributed by atoms with Crippen LogP contribution in [0.25, 0.3) is 0 Å². The van der Waals surface area contributed by atoms with Crippen molar-refractivity contribution in [3.8, 4) is 17.2 Å². The normalized spacial score (nSPS) is 16.7. The van der Waals surface area contributed by atoms with E-state index < -0.39 is 34.2 Å². The Morgan fingerprint density at radius 1 is 0.927 bits per heavy atom. The number of ether oxygens (including phenoxy) is 3. The molecule has 0 bridgehead atoms. The number of carbonyl (C=O) groups excluding carboxylic acids is 2. The molecule has 3 N–H and O–H groups in total. The summed E-state index contributed by atoms with van der Waals surface area (Å²) in [5.41, 5.74) is 2.46. The van der Waals surface area contributed by atoms with Gasteiger partial charge in [-0.05, 0) is 77.7 Å². The summed E-state index contributed by atoms with van der Waals surface area (Å²) in [5, 5.41) is 13.8. The number of sulfonamides is 1. The fourth-order valence-corrected chi connectivity index (χ4v) is 6.89. The second kappa shape index (κ2) is 12.0. The number of carbonyl (C=O) groups is 2. The summed E-state index contributed by atoms with van der Waals surface area (Å²) in [6.07, 6.45) is -2.27. The van der Waals surface area contributed by atoms with Crippen LogP contribution in [0, 0.1) is 0 Å². The van der Waals surface area contributed by atoms with Gasteiger partial charge in [0.1, 0.15) is 23.3 Å². The molecule has 3 aromatic carbocycles. The Morgan fingerprint density at radius 2 is 1.59 bits per heavy atom. The van der Waals surface area contributed by atoms with E-state index >= 15 is 0 Å². The second-order valence-electron chi connectivity index (χ2n) is 8.85. The average molecular weight is 596 g/mol. The van der Waals surface area contributed by atoms with Crippen molar-refractivity contribution < 1.29 is 37.4 Å². The number of nitrogens with one attached hydrogen (secondary N) is 2. The van der Waals surface area contributed by atoms with Gasteiger partial charge in [-0.1, -0.05) is 18.2 Å². The van der Waals surface area contributed by atoms with Crippen molar-refractivity contribution in [3.05, 3.63) is 101 Å². The summed E-state index contributed by atoms with van der Waals surface area (Å²) in [7, 11) is -2.83. The summed E-state index contributed by atoms with van der Waals surface area (Å²) < 4.78 is 44.8. The van der Waals surface area contributed by atoms with E-state index in [2.05, 4.69) is 5.32 Å². The summed E-state index contributed by atoms with van der Waals surface area (Å²) in [6.45, 7) is -0.171. The second-order valence-corrected chi connectivity index (χ2v) is 11.7. The van der Waals surface area contributed by atoms with E-state index in [0.717, 1.165) is 4.31 Å². The molecule has 0 fully saturated rings. The maximum absolute atomic E-state index is 13.7. The van der Waals surface area contributed by atoms with Crippen LogP contribution in [0.5, 0.6) is 17.2 Å². The number of hydrogen-bond acceptors (Lipinski definition) is 9. The Labute approximate surface area is 239 Å². The molecule has 1 aliphatic heterocycles. The molecular formula is C28H25N3O8S2. The number of benzene rings is 3. The van der Waals surface area contributed by atoms with E-state index in [1.54, 1.807) is 35.7 Å². The zero-order valence-electron chi connectivity index (χ0n) is 21.6. The van der Waals surface area contributed by atoms with Crippen LogP contribution in [0.1, 0.15) is 16.5 Å². The van der Waals surface area contributed by atoms with Crippen molar-refractivity contribution in [2.24, 2.45) is 0 Å². The Bertz CT molecular complexity index is 1630. The van der Waals surface area contributed by atoms with Gasteiger partial charge >= 0.3 is 6.09 Å². The largest absolute Gasteiger partial charge is 0.497 e. The molecule has 41 heavy (non-hydrogen) atoms. The first-order valence-corrected chi connectivity index (χ1v) is 14.6. The van der Waals surface area contributed by atoms with Crippen LogP contribution in [0.15, 0.2) is 95.2 Å². The van der Waals surface area contributed by atoms with Gasteiger partial charge in [0.25, 0.3) is 5.91 Å². The highest BCUT2D eigenvalue weighted by Crippen LogP contribution is 2.41. The third-order valence-corrected chi connectivity index (χ3v) is 9.18. The van der Waals surface area contributed by atoms with Crippen LogP contribution in [0.2, 0.25) is 0 Å². The molecule has 2 amide bonds. The summed E-state index contributed by atoms with van der Waals surface area (Å²) >= 11 is 1.21. The van der Waals surface area contributed by atoms with Gasteiger partial charge in [0.15, 0.2) is 6.10 Å². The van der Waals surface area contributed by atoms with E-state index in [0.29, 0.717) is 33.4 Å². The first-order chi connectivity index (χ1) is 19.8. The van der Waals surface area contributed by atoms with Crippen LogP contribution >= 0.6 is 11.3 Å². The van der Waals surface area contributed by atoms with Gasteiger partial charge in [-0.25, -0.2) is 18.7 Å². The molecule has 1 aromatic heterocycles. The highest BCUT2D eigenvalue weighted by Gasteiger charge is 2.48. The van der Waals surface area contributed by atoms with Crippen LogP contribution < -0.4 is 20.3 Å². The maximum atomic E-state index is 13.7. The first-order valence-electron chi connectivity index (χ1n) is 12.3. The smallest absolute Gasteiger partial charge is 0.412 e. The molecule has 4 aromatic rings. The van der Waals surface area contributed by atoms with Crippen LogP contribution in [-0.2, 0) is 26.1 Å². The highest BCUT2D eigenvalue weighted by atomic mass is 32.2. The fraction of sp³-hybridized carbons (Fsp3) is 0.143. The minimum atomic E-state index is -4.29. The molecular weight excluding hydrogens is 570 g/mol. The summed E-state index contributed by atoms with van der Waals surface area (Å²) in [4.78, 5) is 26.3. The van der Waals surface area contributed by atoms with Gasteiger partial charge in [-0.15, -0.1) is 11.3 Å². The Hall–Kier alpha value is -4.43. The molecule has 212 valence electrons. The molecule has 0 radical (unpaired) electrons. The number of hydroxylamine groups is 1. The number of para-hydroxylation sites is 1. The predicted octanol–water partition coefficient (Wildman–Crippen LogP) is 4.92. The Balaban J connectivity index is 1.38. The first kappa shape index (κ1) is 28.1. The van der Waals surface area contributed by atoms with E-state index in [-0.39, 0.29) is 11.4 Å². The monoisotopic (exact) mass is 595 g/mol. The number of rotatable bonds is 8. The number of amides is 2. The van der Waals surface area contributed by atoms with E-state index in [9.17, 15) is 23.2 Å². The minimum absolute atomic E-state index is 0.103. The minimum Gasteiger partial charge on any atom is -0.497 e. The van der Waals surface area contributed by atoms with Crippen molar-refractivity contribution in [2.45, 2.75) is 23.6 Å². The molecule has 0 saturated carbocycles. The Kier molecular flexibility index (Phi) is 8.21. The lowest BCUT2D eigenvalue weighted by Crippen LogP contribution is -2.54. The number of hydrogen-bond donors (Lipinski definition) is 3. The standard InChI is InChI=1S/C28H25N3O8S2/c1-37-20-11-13-23(14-12-20)41(35,36)31-17-18-15-16-40-26(18)25(24(31)27(32)30-34)39-28(33)29-19-7-9-22(10-8-19)38-21-5-3-2-4-6-21/h2-16,24-25,34H,17H2,1H3,(H,29,33)(H,30,32). The van der Waals surface area contributed by atoms with Crippen molar-refractivity contribution in [1.82, 2.24) is 9.79 Å². The lowest BCUT2D eigenvalue weighted by Gasteiger charge is -2.38. The molecule has 13 heteroatoms. The summed E-state index contributed by atoms with van der Waals surface area (Å²) in [6, 6.07) is 21.5. The predicted molar refractivity (Wildman–Crippen MR) is 150 cm³/mol. The molecule has 2 atom stereocenters. The number of methoxy groups -OCH3 is 1. The number of thiophene rings is 1. The molecule has 1 aliphatic rings. The number of nitrogens with zero attached hydrogens (tertiary/aromatic N) is 1. The molecule has 5 rings (SSSR count). The zero-order valence-corrected chi connectivity index (χ0v) is 23.2. The quantitative estimate of drug-likeness (QED) is 0.192. The van der Waals surface area contributed by atoms with Crippen LogP contribution in [0.4, 0.5) is 10.5 Å². The third kappa shape index (κ3) is 6.02. The molecule has 11 nitrogen and oxygen atoms in total. The van der Waals surface area contributed by atoms with Crippen molar-refractivity contribution >= 4 is 39.0 Å². The van der Waals surface area contributed by atoms with Gasteiger partial charge < -0.3 is 14.2 Å². The van der Waals surface area contributed by atoms with E-state index in [4.69, 9.17) is 14.2 Å². The highest BCUT2D eigenvalue weighted by molar-refractivity contribution is 7.89. The zero-order chi connectivity index (χ0) is 29.0. The third-order valence-electron chi connectivity index (χ3n) is 6.32. The van der Waals surface area contributed by atoms with Crippen LogP contribution in [-0.4, -0.2) is 43.1 Å². The molecule has 0 saturated heterocycles. The fourth-order valence-electron chi connectivity index (χ4n) is 4.35. The number of fused-ring (bicyclic) bond motifs is 1. The van der Waals surface area contributed by atoms with Crippen LogP contribution in [0.3, 0.4) is 0 Å². The molecule has 0 spiro atoms. The lowest BCUT2D eigenvalue weighted by atomic mass is 10.0. The molecule has 0 aliphatic carbocycles. The van der Waals surface area contributed by atoms with Crippen molar-refractivity contribution in [1.29, 1.82) is 0 Å². The lowest BCUT2D eigenvalue weighted by molar-refractivity contribution is -0.137. The van der Waals surface area contributed by atoms with Gasteiger partial charge in [0, 0.05) is 12.2 Å². The summed E-state index contributed by atoms with van der Waals surface area (Å²) in [5.74, 6) is 0.593. The van der Waals surface area contributed by atoms with E-state index in [1.165, 1.54) is 48.2 Å². The molecule has 2 heterocycles. The Morgan fingerprint density at radius 3 is 2.24 bits per heavy atom. The van der Waals surface area contributed by atoms with Gasteiger partial charge in [-0.2, -0.15) is 4.31 Å². The topological polar surface area (TPSA) is 144 Å². The van der Waals surface area contributed by atoms with Crippen molar-refractivity contribution in [2.75, 3.05) is 12.4 Å². The van der Waals surface area contributed by atoms with Gasteiger partial charge in [0.05, 0.1) is 16.9 Å². The molecule has 2 unspecified atom stereocenters. The van der Waals surface area contributed by atoms with Crippen molar-refractivity contribution in [3.63, 3.8) is 0 Å². The SMILES string of the molecule is COc1ccc(S(=O)(=O)N2Cc3ccsc3C(OC(=O)Nc3ccc(Oc4ccccc4)cc3)C2C(=O)NO)cc1.